The van der Waals surface area contributed by atoms with Crippen molar-refractivity contribution < 1.29 is 13.6 Å². The Morgan fingerprint density at radius 1 is 1.50 bits per heavy atom. The maximum Gasteiger partial charge on any atom is 0.277 e. The molecule has 2 aromatic heterocycles. The van der Waals surface area contributed by atoms with E-state index in [9.17, 15) is 4.79 Å². The molecule has 8 heteroatoms. The summed E-state index contributed by atoms with van der Waals surface area (Å²) >= 11 is 1.16. The summed E-state index contributed by atoms with van der Waals surface area (Å²) in [5.41, 5.74) is 5.33. The highest BCUT2D eigenvalue weighted by molar-refractivity contribution is 7.99. The Kier molecular flexibility index (Phi) is 4.37. The first-order valence-electron chi connectivity index (χ1n) is 5.22. The van der Waals surface area contributed by atoms with Crippen molar-refractivity contribution in [3.8, 4) is 0 Å². The van der Waals surface area contributed by atoms with Crippen molar-refractivity contribution in [1.29, 1.82) is 0 Å². The molecule has 18 heavy (non-hydrogen) atoms. The maximum absolute atomic E-state index is 11.5. The SMILES string of the molecule is NCc1nnc(SCC(=O)NCc2ccco2)o1. The zero-order valence-corrected chi connectivity index (χ0v) is 10.3. The van der Waals surface area contributed by atoms with Gasteiger partial charge in [0, 0.05) is 0 Å². The van der Waals surface area contributed by atoms with Gasteiger partial charge in [-0.05, 0) is 12.1 Å². The van der Waals surface area contributed by atoms with Crippen LogP contribution >= 0.6 is 11.8 Å². The van der Waals surface area contributed by atoms with Crippen LogP contribution in [0.25, 0.3) is 0 Å². The van der Waals surface area contributed by atoms with Gasteiger partial charge in [-0.15, -0.1) is 10.2 Å². The van der Waals surface area contributed by atoms with E-state index in [1.54, 1.807) is 18.4 Å². The Morgan fingerprint density at radius 2 is 2.39 bits per heavy atom. The normalized spacial score (nSPS) is 10.5. The first-order valence-corrected chi connectivity index (χ1v) is 6.21. The lowest BCUT2D eigenvalue weighted by molar-refractivity contribution is -0.118. The molecule has 2 aromatic rings. The van der Waals surface area contributed by atoms with Crippen LogP contribution in [0.4, 0.5) is 0 Å². The number of nitrogens with two attached hydrogens (primary N) is 1. The van der Waals surface area contributed by atoms with Crippen LogP contribution in [0.2, 0.25) is 0 Å². The second-order valence-corrected chi connectivity index (χ2v) is 4.24. The predicted octanol–water partition coefficient (Wildman–Crippen LogP) is 0.530. The fraction of sp³-hybridized carbons (Fsp3) is 0.300. The smallest absolute Gasteiger partial charge is 0.277 e. The molecule has 0 aliphatic heterocycles. The predicted molar refractivity (Wildman–Crippen MR) is 63.5 cm³/mol. The molecule has 96 valence electrons. The van der Waals surface area contributed by atoms with Crippen molar-refractivity contribution in [1.82, 2.24) is 15.5 Å². The lowest BCUT2D eigenvalue weighted by Gasteiger charge is -2.00. The molecule has 0 spiro atoms. The van der Waals surface area contributed by atoms with Gasteiger partial charge in [-0.25, -0.2) is 0 Å². The van der Waals surface area contributed by atoms with E-state index >= 15 is 0 Å². The summed E-state index contributed by atoms with van der Waals surface area (Å²) in [4.78, 5) is 11.5. The van der Waals surface area contributed by atoms with Crippen molar-refractivity contribution in [3.63, 3.8) is 0 Å². The van der Waals surface area contributed by atoms with Crippen LogP contribution in [0.5, 0.6) is 0 Å². The van der Waals surface area contributed by atoms with Crippen LogP contribution in [-0.4, -0.2) is 21.9 Å². The van der Waals surface area contributed by atoms with E-state index in [-0.39, 0.29) is 18.2 Å². The van der Waals surface area contributed by atoms with Gasteiger partial charge in [0.1, 0.15) is 5.76 Å². The summed E-state index contributed by atoms with van der Waals surface area (Å²) in [5, 5.41) is 10.5. The number of thioether (sulfide) groups is 1. The van der Waals surface area contributed by atoms with E-state index < -0.39 is 0 Å². The Labute approximate surface area is 107 Å². The van der Waals surface area contributed by atoms with Crippen LogP contribution < -0.4 is 11.1 Å². The van der Waals surface area contributed by atoms with E-state index in [2.05, 4.69) is 15.5 Å². The second kappa shape index (κ2) is 6.22. The van der Waals surface area contributed by atoms with Gasteiger partial charge in [0.15, 0.2) is 0 Å². The lowest BCUT2D eigenvalue weighted by Crippen LogP contribution is -2.24. The summed E-state index contributed by atoms with van der Waals surface area (Å²) in [7, 11) is 0. The number of amides is 1. The van der Waals surface area contributed by atoms with Gasteiger partial charge in [0.25, 0.3) is 5.22 Å². The Hall–Kier alpha value is -1.80. The van der Waals surface area contributed by atoms with Gasteiger partial charge in [-0.1, -0.05) is 11.8 Å². The molecule has 0 saturated heterocycles. The van der Waals surface area contributed by atoms with Crippen LogP contribution in [0.3, 0.4) is 0 Å². The number of hydrogen-bond donors (Lipinski definition) is 2. The topological polar surface area (TPSA) is 107 Å². The summed E-state index contributed by atoms with van der Waals surface area (Å²) in [6.07, 6.45) is 1.56. The van der Waals surface area contributed by atoms with E-state index in [0.29, 0.717) is 23.4 Å². The third kappa shape index (κ3) is 3.60. The third-order valence-electron chi connectivity index (χ3n) is 1.99. The van der Waals surface area contributed by atoms with Gasteiger partial charge in [-0.3, -0.25) is 4.79 Å². The molecule has 0 radical (unpaired) electrons. The number of rotatable bonds is 6. The first-order chi connectivity index (χ1) is 8.78. The van der Waals surface area contributed by atoms with Gasteiger partial charge < -0.3 is 19.9 Å². The molecule has 2 rings (SSSR count). The molecule has 0 saturated carbocycles. The largest absolute Gasteiger partial charge is 0.467 e. The second-order valence-electron chi connectivity index (χ2n) is 3.31. The molecule has 2 heterocycles. The van der Waals surface area contributed by atoms with Crippen molar-refractivity contribution in [3.05, 3.63) is 30.0 Å². The number of aromatic nitrogens is 2. The fourth-order valence-corrected chi connectivity index (χ4v) is 1.77. The first kappa shape index (κ1) is 12.7. The van der Waals surface area contributed by atoms with E-state index in [1.165, 1.54) is 0 Å². The van der Waals surface area contributed by atoms with E-state index in [4.69, 9.17) is 14.6 Å². The monoisotopic (exact) mass is 268 g/mol. The Bertz CT molecular complexity index is 497. The zero-order valence-electron chi connectivity index (χ0n) is 9.46. The zero-order chi connectivity index (χ0) is 12.8. The molecule has 0 aliphatic carbocycles. The highest BCUT2D eigenvalue weighted by Gasteiger charge is 2.08. The number of nitrogens with one attached hydrogen (secondary N) is 1. The highest BCUT2D eigenvalue weighted by Crippen LogP contribution is 2.15. The Balaban J connectivity index is 1.71. The number of furan rings is 1. The van der Waals surface area contributed by atoms with E-state index in [0.717, 1.165) is 11.8 Å². The van der Waals surface area contributed by atoms with Crippen LogP contribution in [-0.2, 0) is 17.9 Å². The molecule has 7 nitrogen and oxygen atoms in total. The molecule has 0 aliphatic rings. The maximum atomic E-state index is 11.5. The molecular formula is C10H12N4O3S. The summed E-state index contributed by atoms with van der Waals surface area (Å²) in [5.74, 6) is 1.13. The highest BCUT2D eigenvalue weighted by atomic mass is 32.2. The van der Waals surface area contributed by atoms with Gasteiger partial charge in [0.05, 0.1) is 25.1 Å². The molecule has 3 N–H and O–H groups in total. The molecule has 1 amide bonds. The van der Waals surface area contributed by atoms with Crippen molar-refractivity contribution >= 4 is 17.7 Å². The average molecular weight is 268 g/mol. The minimum Gasteiger partial charge on any atom is -0.467 e. The van der Waals surface area contributed by atoms with Crippen LogP contribution in [0.15, 0.2) is 32.5 Å². The van der Waals surface area contributed by atoms with Crippen molar-refractivity contribution in [2.24, 2.45) is 5.73 Å². The number of nitrogens with zero attached hydrogens (tertiary/aromatic N) is 2. The Morgan fingerprint density at radius 3 is 3.06 bits per heavy atom. The number of hydrogen-bond acceptors (Lipinski definition) is 7. The molecule has 0 aromatic carbocycles. The summed E-state index contributed by atoms with van der Waals surface area (Å²) in [6, 6.07) is 3.56. The molecule has 0 unspecified atom stereocenters. The van der Waals surface area contributed by atoms with Crippen LogP contribution in [0.1, 0.15) is 11.7 Å². The van der Waals surface area contributed by atoms with E-state index in [1.807, 2.05) is 0 Å². The van der Waals surface area contributed by atoms with Gasteiger partial charge >= 0.3 is 0 Å². The quantitative estimate of drug-likeness (QED) is 0.736. The minimum atomic E-state index is -0.135. The molecule has 0 bridgehead atoms. The van der Waals surface area contributed by atoms with Gasteiger partial charge in [0.2, 0.25) is 11.8 Å². The molecular weight excluding hydrogens is 256 g/mol. The molecule has 0 atom stereocenters. The summed E-state index contributed by atoms with van der Waals surface area (Å²) in [6.45, 7) is 0.558. The third-order valence-corrected chi connectivity index (χ3v) is 2.81. The lowest BCUT2D eigenvalue weighted by atomic mass is 10.4. The minimum absolute atomic E-state index is 0.135. The average Bonchev–Trinajstić information content (AvgIpc) is 3.04. The molecule has 0 fully saturated rings. The fourth-order valence-electron chi connectivity index (χ4n) is 1.16. The number of carbonyl (C=O) groups excluding carboxylic acids is 1. The van der Waals surface area contributed by atoms with Crippen LogP contribution in [0, 0.1) is 0 Å². The van der Waals surface area contributed by atoms with Crippen molar-refractivity contribution in [2.45, 2.75) is 18.3 Å². The standard InChI is InChI=1S/C10H12N4O3S/c11-4-9-13-14-10(17-9)18-6-8(15)12-5-7-2-1-3-16-7/h1-3H,4-6,11H2,(H,12,15). The van der Waals surface area contributed by atoms with Crippen molar-refractivity contribution in [2.75, 3.05) is 5.75 Å². The summed E-state index contributed by atoms with van der Waals surface area (Å²) < 4.78 is 10.2. The number of carbonyl (C=O) groups is 1. The van der Waals surface area contributed by atoms with Gasteiger partial charge in [-0.2, -0.15) is 0 Å².